The maximum absolute atomic E-state index is 11.9. The van der Waals surface area contributed by atoms with Crippen LogP contribution in [0.3, 0.4) is 0 Å². The lowest BCUT2D eigenvalue weighted by molar-refractivity contribution is 0.646. The first-order valence-corrected chi connectivity index (χ1v) is 7.07. The summed E-state index contributed by atoms with van der Waals surface area (Å²) in [7, 11) is 0. The molecule has 0 N–H and O–H groups in total. The molecule has 0 saturated carbocycles. The Kier molecular flexibility index (Phi) is 2.06. The molecule has 0 radical (unpaired) electrons. The number of benzene rings is 1. The first-order valence-electron chi connectivity index (χ1n) is 7.07. The summed E-state index contributed by atoms with van der Waals surface area (Å²) in [6.07, 6.45) is 9.05. The summed E-state index contributed by atoms with van der Waals surface area (Å²) in [4.78, 5) is 23.7. The van der Waals surface area contributed by atoms with Crippen LogP contribution in [-0.4, -0.2) is 0 Å². The van der Waals surface area contributed by atoms with Crippen LogP contribution in [0.25, 0.3) is 10.8 Å². The Morgan fingerprint density at radius 1 is 0.500 bits per heavy atom. The first-order chi connectivity index (χ1) is 8.79. The summed E-state index contributed by atoms with van der Waals surface area (Å²) in [6, 6.07) is 0. The summed E-state index contributed by atoms with van der Waals surface area (Å²) in [5.41, 5.74) is 4.93. The van der Waals surface area contributed by atoms with E-state index in [2.05, 4.69) is 0 Å². The molecule has 2 nitrogen and oxygen atoms in total. The molecule has 0 aliphatic heterocycles. The molecule has 0 fully saturated rings. The molecule has 0 atom stereocenters. The van der Waals surface area contributed by atoms with Crippen molar-refractivity contribution >= 4 is 10.8 Å². The van der Waals surface area contributed by atoms with Crippen LogP contribution in [-0.2, 0) is 25.7 Å². The van der Waals surface area contributed by atoms with Crippen LogP contribution in [0, 0.1) is 0 Å². The molecule has 18 heavy (non-hydrogen) atoms. The minimum absolute atomic E-state index is 0.212. The highest BCUT2D eigenvalue weighted by molar-refractivity contribution is 5.95. The predicted molar refractivity (Wildman–Crippen MR) is 72.1 cm³/mol. The zero-order valence-corrected chi connectivity index (χ0v) is 10.5. The number of aryl methyl sites for hydroxylation is 2. The fourth-order valence-electron chi connectivity index (χ4n) is 4.00. The highest BCUT2D eigenvalue weighted by Crippen LogP contribution is 2.37. The van der Waals surface area contributed by atoms with E-state index in [0.717, 1.165) is 36.5 Å². The monoisotopic (exact) mass is 240 g/mol. The standard InChI is InChI=1S/C16H16O2/c17-15-13-11-7-3-1-5-9(11)10-6-2-4-8-12(10)14(13)16(15)18/h1-8H2. The Morgan fingerprint density at radius 3 is 1.22 bits per heavy atom. The second kappa shape index (κ2) is 3.53. The van der Waals surface area contributed by atoms with E-state index in [1.807, 2.05) is 0 Å². The second-order valence-corrected chi connectivity index (χ2v) is 5.74. The molecule has 0 amide bonds. The third-order valence-electron chi connectivity index (χ3n) is 4.81. The lowest BCUT2D eigenvalue weighted by Gasteiger charge is -2.28. The van der Waals surface area contributed by atoms with Crippen molar-refractivity contribution in [3.05, 3.63) is 42.7 Å². The normalized spacial score (nSPS) is 18.9. The van der Waals surface area contributed by atoms with E-state index in [1.54, 1.807) is 0 Å². The molecule has 0 heterocycles. The molecule has 4 rings (SSSR count). The Hall–Kier alpha value is -1.44. The number of hydrogen-bond donors (Lipinski definition) is 0. The zero-order valence-electron chi connectivity index (χ0n) is 10.5. The fraction of sp³-hybridized carbons (Fsp3) is 0.500. The van der Waals surface area contributed by atoms with Crippen molar-refractivity contribution < 1.29 is 0 Å². The minimum Gasteiger partial charge on any atom is -0.285 e. The van der Waals surface area contributed by atoms with Crippen molar-refractivity contribution in [2.24, 2.45) is 0 Å². The van der Waals surface area contributed by atoms with E-state index >= 15 is 0 Å². The predicted octanol–water partition coefficient (Wildman–Crippen LogP) is 2.19. The molecular weight excluding hydrogens is 224 g/mol. The molecule has 0 spiro atoms. The summed E-state index contributed by atoms with van der Waals surface area (Å²) in [5.74, 6) is 0. The van der Waals surface area contributed by atoms with Gasteiger partial charge in [-0.1, -0.05) is 0 Å². The average molecular weight is 240 g/mol. The largest absolute Gasteiger partial charge is 0.285 e. The summed E-state index contributed by atoms with van der Waals surface area (Å²) in [6.45, 7) is 0. The van der Waals surface area contributed by atoms with Gasteiger partial charge < -0.3 is 0 Å². The van der Waals surface area contributed by atoms with Gasteiger partial charge in [0.25, 0.3) is 0 Å². The molecule has 2 aromatic rings. The van der Waals surface area contributed by atoms with Crippen LogP contribution in [0.5, 0.6) is 0 Å². The number of hydrogen-bond acceptors (Lipinski definition) is 2. The second-order valence-electron chi connectivity index (χ2n) is 5.74. The van der Waals surface area contributed by atoms with Crippen LogP contribution >= 0.6 is 0 Å². The van der Waals surface area contributed by atoms with Crippen molar-refractivity contribution in [1.29, 1.82) is 0 Å². The average Bonchev–Trinajstić information content (AvgIpc) is 2.44. The van der Waals surface area contributed by atoms with Crippen LogP contribution in [0.15, 0.2) is 9.59 Å². The lowest BCUT2D eigenvalue weighted by Crippen LogP contribution is -2.35. The van der Waals surface area contributed by atoms with E-state index in [0.29, 0.717) is 0 Å². The maximum Gasteiger partial charge on any atom is 0.234 e. The lowest BCUT2D eigenvalue weighted by atomic mass is 9.75. The van der Waals surface area contributed by atoms with E-state index in [1.165, 1.54) is 47.9 Å². The molecule has 0 saturated heterocycles. The van der Waals surface area contributed by atoms with Gasteiger partial charge in [0.05, 0.1) is 0 Å². The molecule has 0 bridgehead atoms. The maximum atomic E-state index is 11.9. The van der Waals surface area contributed by atoms with Gasteiger partial charge in [0.2, 0.25) is 10.9 Å². The van der Waals surface area contributed by atoms with Crippen molar-refractivity contribution in [2.75, 3.05) is 0 Å². The molecule has 92 valence electrons. The highest BCUT2D eigenvalue weighted by Gasteiger charge is 2.28. The van der Waals surface area contributed by atoms with Gasteiger partial charge in [-0.15, -0.1) is 0 Å². The molecule has 2 aromatic carbocycles. The Balaban J connectivity index is 2.17. The van der Waals surface area contributed by atoms with Gasteiger partial charge in [-0.25, -0.2) is 0 Å². The summed E-state index contributed by atoms with van der Waals surface area (Å²) < 4.78 is 0. The molecule has 0 unspecified atom stereocenters. The number of fused-ring (bicyclic) bond motifs is 6. The molecule has 0 aromatic heterocycles. The van der Waals surface area contributed by atoms with Crippen molar-refractivity contribution in [3.8, 4) is 0 Å². The first kappa shape index (κ1) is 10.5. The van der Waals surface area contributed by atoms with Gasteiger partial charge >= 0.3 is 0 Å². The van der Waals surface area contributed by atoms with Crippen molar-refractivity contribution in [3.63, 3.8) is 0 Å². The zero-order chi connectivity index (χ0) is 12.3. The third kappa shape index (κ3) is 1.14. The fourth-order valence-corrected chi connectivity index (χ4v) is 4.00. The summed E-state index contributed by atoms with van der Waals surface area (Å²) >= 11 is 0. The van der Waals surface area contributed by atoms with Gasteiger partial charge in [0.1, 0.15) is 0 Å². The topological polar surface area (TPSA) is 34.1 Å². The van der Waals surface area contributed by atoms with Gasteiger partial charge in [-0.3, -0.25) is 9.59 Å². The Bertz CT molecular complexity index is 667. The molecule has 2 heteroatoms. The van der Waals surface area contributed by atoms with Crippen LogP contribution in [0.1, 0.15) is 47.9 Å². The molecule has 2 aliphatic rings. The SMILES string of the molecule is O=c1c(=O)c2c3c(c4c(c12)CCCC4)CCCC3. The van der Waals surface area contributed by atoms with Gasteiger partial charge in [0, 0.05) is 10.8 Å². The Labute approximate surface area is 105 Å². The quantitative estimate of drug-likeness (QED) is 0.661. The summed E-state index contributed by atoms with van der Waals surface area (Å²) in [5, 5.41) is 1.63. The van der Waals surface area contributed by atoms with Crippen molar-refractivity contribution in [2.45, 2.75) is 51.4 Å². The molecular formula is C16H16O2. The van der Waals surface area contributed by atoms with Crippen LogP contribution < -0.4 is 10.9 Å². The van der Waals surface area contributed by atoms with Gasteiger partial charge in [-0.05, 0) is 73.6 Å². The van der Waals surface area contributed by atoms with E-state index in [9.17, 15) is 9.59 Å². The minimum atomic E-state index is -0.212. The van der Waals surface area contributed by atoms with Crippen LogP contribution in [0.2, 0.25) is 0 Å². The van der Waals surface area contributed by atoms with Gasteiger partial charge in [0.15, 0.2) is 0 Å². The van der Waals surface area contributed by atoms with E-state index < -0.39 is 0 Å². The molecule has 2 aliphatic carbocycles. The van der Waals surface area contributed by atoms with E-state index in [4.69, 9.17) is 0 Å². The van der Waals surface area contributed by atoms with E-state index in [-0.39, 0.29) is 10.9 Å². The smallest absolute Gasteiger partial charge is 0.234 e. The highest BCUT2D eigenvalue weighted by atomic mass is 16.2. The Morgan fingerprint density at radius 2 is 0.833 bits per heavy atom. The van der Waals surface area contributed by atoms with Gasteiger partial charge in [-0.2, -0.15) is 0 Å². The van der Waals surface area contributed by atoms with Crippen molar-refractivity contribution in [1.82, 2.24) is 0 Å². The van der Waals surface area contributed by atoms with Crippen LogP contribution in [0.4, 0.5) is 0 Å². The number of rotatable bonds is 0. The third-order valence-corrected chi connectivity index (χ3v) is 4.81.